The average molecular weight is 316 g/mol. The summed E-state index contributed by atoms with van der Waals surface area (Å²) in [5, 5.41) is 5.33. The lowest BCUT2D eigenvalue weighted by atomic mass is 10.1. The predicted octanol–water partition coefficient (Wildman–Crippen LogP) is 2.87. The first kappa shape index (κ1) is 14.6. The highest BCUT2D eigenvalue weighted by Gasteiger charge is 2.19. The first-order valence-corrected chi connectivity index (χ1v) is 7.53. The highest BCUT2D eigenvalue weighted by molar-refractivity contribution is 8.00. The van der Waals surface area contributed by atoms with Crippen molar-refractivity contribution in [2.45, 2.75) is 17.2 Å². The van der Waals surface area contributed by atoms with Gasteiger partial charge in [-0.05, 0) is 31.2 Å². The van der Waals surface area contributed by atoms with Crippen LogP contribution in [0.25, 0.3) is 11.0 Å². The second-order valence-electron chi connectivity index (χ2n) is 4.82. The molecule has 0 saturated carbocycles. The number of hydrogen-bond acceptors (Lipinski definition) is 5. The maximum atomic E-state index is 12.9. The molecule has 0 amide bonds. The van der Waals surface area contributed by atoms with Crippen molar-refractivity contribution in [1.29, 1.82) is 0 Å². The summed E-state index contributed by atoms with van der Waals surface area (Å²) >= 11 is 1.35. The Balaban J connectivity index is 1.85. The Morgan fingerprint density at radius 3 is 2.73 bits per heavy atom. The van der Waals surface area contributed by atoms with E-state index in [2.05, 4.69) is 15.1 Å². The lowest BCUT2D eigenvalue weighted by molar-refractivity contribution is 0.0994. The van der Waals surface area contributed by atoms with Gasteiger partial charge in [0, 0.05) is 12.6 Å². The van der Waals surface area contributed by atoms with Crippen LogP contribution >= 0.6 is 11.8 Å². The van der Waals surface area contributed by atoms with Crippen molar-refractivity contribution in [2.75, 3.05) is 0 Å². The Morgan fingerprint density at radius 2 is 2.00 bits per heavy atom. The molecule has 0 bridgehead atoms. The van der Waals surface area contributed by atoms with Gasteiger partial charge in [0.25, 0.3) is 0 Å². The number of nitrogens with zero attached hydrogens (tertiary/aromatic N) is 4. The molecule has 0 spiro atoms. The number of halogens is 1. The van der Waals surface area contributed by atoms with Crippen molar-refractivity contribution in [3.63, 3.8) is 0 Å². The third-order valence-corrected chi connectivity index (χ3v) is 4.40. The third-order valence-electron chi connectivity index (χ3n) is 3.28. The zero-order valence-corrected chi connectivity index (χ0v) is 12.8. The molecule has 3 rings (SSSR count). The van der Waals surface area contributed by atoms with Gasteiger partial charge in [-0.1, -0.05) is 11.8 Å². The van der Waals surface area contributed by atoms with Crippen LogP contribution in [0.15, 0.2) is 41.8 Å². The normalized spacial score (nSPS) is 12.5. The van der Waals surface area contributed by atoms with Crippen molar-refractivity contribution in [2.24, 2.45) is 7.05 Å². The van der Waals surface area contributed by atoms with Gasteiger partial charge in [-0.25, -0.2) is 14.4 Å². The molecule has 0 radical (unpaired) electrons. The van der Waals surface area contributed by atoms with Crippen molar-refractivity contribution >= 4 is 28.6 Å². The number of rotatable bonds is 4. The largest absolute Gasteiger partial charge is 0.293 e. The summed E-state index contributed by atoms with van der Waals surface area (Å²) in [6.07, 6.45) is 3.15. The maximum Gasteiger partial charge on any atom is 0.175 e. The van der Waals surface area contributed by atoms with E-state index in [4.69, 9.17) is 0 Å². The standard InChI is InChI=1S/C15H13FN4OS/c1-9(13(21)10-3-5-11(16)6-4-10)22-15-12-7-19-20(2)14(12)17-8-18-15/h3-9H,1-2H3. The van der Waals surface area contributed by atoms with Gasteiger partial charge in [-0.3, -0.25) is 9.48 Å². The molecule has 22 heavy (non-hydrogen) atoms. The monoisotopic (exact) mass is 316 g/mol. The van der Waals surface area contributed by atoms with Crippen LogP contribution in [0.1, 0.15) is 17.3 Å². The van der Waals surface area contributed by atoms with E-state index in [0.717, 1.165) is 11.0 Å². The summed E-state index contributed by atoms with van der Waals surface area (Å²) in [7, 11) is 1.80. The molecular formula is C15H13FN4OS. The number of benzene rings is 1. The van der Waals surface area contributed by atoms with Crippen LogP contribution in [-0.4, -0.2) is 30.8 Å². The van der Waals surface area contributed by atoms with Gasteiger partial charge in [0.05, 0.1) is 16.8 Å². The maximum absolute atomic E-state index is 12.9. The van der Waals surface area contributed by atoms with E-state index in [1.807, 2.05) is 0 Å². The minimum Gasteiger partial charge on any atom is -0.293 e. The first-order chi connectivity index (χ1) is 10.6. The number of fused-ring (bicyclic) bond motifs is 1. The zero-order valence-electron chi connectivity index (χ0n) is 12.0. The van der Waals surface area contributed by atoms with Crippen LogP contribution in [-0.2, 0) is 7.05 Å². The lowest BCUT2D eigenvalue weighted by Crippen LogP contribution is -2.13. The Morgan fingerprint density at radius 1 is 1.27 bits per heavy atom. The second kappa shape index (κ2) is 5.84. The molecule has 0 aliphatic carbocycles. The number of ketones is 1. The van der Waals surface area contributed by atoms with Gasteiger partial charge in [0.1, 0.15) is 17.2 Å². The Hall–Kier alpha value is -2.28. The van der Waals surface area contributed by atoms with Crippen LogP contribution in [0, 0.1) is 5.82 Å². The van der Waals surface area contributed by atoms with Crippen LogP contribution in [0.5, 0.6) is 0 Å². The Kier molecular flexibility index (Phi) is 3.89. The molecule has 0 saturated heterocycles. The number of carbonyl (C=O) groups is 1. The van der Waals surface area contributed by atoms with Gasteiger partial charge in [-0.15, -0.1) is 0 Å². The third kappa shape index (κ3) is 2.71. The highest BCUT2D eigenvalue weighted by atomic mass is 32.2. The van der Waals surface area contributed by atoms with Crippen LogP contribution in [0.2, 0.25) is 0 Å². The van der Waals surface area contributed by atoms with Crippen molar-refractivity contribution < 1.29 is 9.18 Å². The zero-order chi connectivity index (χ0) is 15.7. The first-order valence-electron chi connectivity index (χ1n) is 6.65. The van der Waals surface area contributed by atoms with Gasteiger partial charge in [-0.2, -0.15) is 5.10 Å². The summed E-state index contributed by atoms with van der Waals surface area (Å²) in [6, 6.07) is 5.56. The number of aryl methyl sites for hydroxylation is 1. The number of carbonyl (C=O) groups excluding carboxylic acids is 1. The molecule has 112 valence electrons. The minimum absolute atomic E-state index is 0.0688. The highest BCUT2D eigenvalue weighted by Crippen LogP contribution is 2.29. The molecule has 0 N–H and O–H groups in total. The number of aromatic nitrogens is 4. The molecule has 2 heterocycles. The fraction of sp³-hybridized carbons (Fsp3) is 0.200. The summed E-state index contributed by atoms with van der Waals surface area (Å²) in [5.74, 6) is -0.426. The fourth-order valence-corrected chi connectivity index (χ4v) is 3.06. The average Bonchev–Trinajstić information content (AvgIpc) is 2.90. The smallest absolute Gasteiger partial charge is 0.175 e. The Bertz CT molecular complexity index is 831. The Labute approximate surface area is 130 Å². The molecular weight excluding hydrogens is 303 g/mol. The molecule has 2 aromatic heterocycles. The van der Waals surface area contributed by atoms with Crippen LogP contribution in [0.3, 0.4) is 0 Å². The quantitative estimate of drug-likeness (QED) is 0.421. The molecule has 0 aliphatic rings. The fourth-order valence-electron chi connectivity index (χ4n) is 2.10. The van der Waals surface area contributed by atoms with Crippen LogP contribution in [0.4, 0.5) is 4.39 Å². The summed E-state index contributed by atoms with van der Waals surface area (Å²) in [4.78, 5) is 20.8. The topological polar surface area (TPSA) is 60.7 Å². The van der Waals surface area contributed by atoms with E-state index < -0.39 is 0 Å². The molecule has 0 aliphatic heterocycles. The number of Topliss-reactive ketones (excluding diaryl/α,β-unsaturated/α-hetero) is 1. The van der Waals surface area contributed by atoms with Crippen molar-refractivity contribution in [1.82, 2.24) is 19.7 Å². The van der Waals surface area contributed by atoms with E-state index in [1.165, 1.54) is 42.4 Å². The molecule has 7 heteroatoms. The summed E-state index contributed by atoms with van der Waals surface area (Å²) in [5.41, 5.74) is 1.21. The van der Waals surface area contributed by atoms with E-state index in [0.29, 0.717) is 10.6 Å². The van der Waals surface area contributed by atoms with E-state index in [1.54, 1.807) is 24.9 Å². The predicted molar refractivity (Wildman–Crippen MR) is 82.4 cm³/mol. The molecule has 3 aromatic rings. The van der Waals surface area contributed by atoms with Gasteiger partial charge >= 0.3 is 0 Å². The van der Waals surface area contributed by atoms with Gasteiger partial charge in [0.2, 0.25) is 0 Å². The minimum atomic E-state index is -0.357. The lowest BCUT2D eigenvalue weighted by Gasteiger charge is -2.10. The van der Waals surface area contributed by atoms with E-state index >= 15 is 0 Å². The molecule has 1 aromatic carbocycles. The molecule has 1 atom stereocenters. The summed E-state index contributed by atoms with van der Waals surface area (Å²) in [6.45, 7) is 1.81. The molecule has 0 fully saturated rings. The number of hydrogen-bond donors (Lipinski definition) is 0. The van der Waals surface area contributed by atoms with E-state index in [-0.39, 0.29) is 16.9 Å². The van der Waals surface area contributed by atoms with Crippen LogP contribution < -0.4 is 0 Å². The van der Waals surface area contributed by atoms with Gasteiger partial charge < -0.3 is 0 Å². The molecule has 1 unspecified atom stereocenters. The molecule has 5 nitrogen and oxygen atoms in total. The SMILES string of the molecule is CC(Sc1ncnc2c1cnn2C)C(=O)c1ccc(F)cc1. The van der Waals surface area contributed by atoms with E-state index in [9.17, 15) is 9.18 Å². The second-order valence-corrected chi connectivity index (χ2v) is 6.15. The summed E-state index contributed by atoms with van der Waals surface area (Å²) < 4.78 is 14.6. The van der Waals surface area contributed by atoms with Crippen molar-refractivity contribution in [3.05, 3.63) is 48.2 Å². The van der Waals surface area contributed by atoms with Crippen molar-refractivity contribution in [3.8, 4) is 0 Å². The van der Waals surface area contributed by atoms with Gasteiger partial charge in [0.15, 0.2) is 11.4 Å². The number of thioether (sulfide) groups is 1.